The van der Waals surface area contributed by atoms with Gasteiger partial charge in [0, 0.05) is 25.6 Å². The summed E-state index contributed by atoms with van der Waals surface area (Å²) >= 11 is 6.04. The molecule has 1 fully saturated rings. The van der Waals surface area contributed by atoms with E-state index in [1.807, 2.05) is 6.07 Å². The van der Waals surface area contributed by atoms with E-state index in [9.17, 15) is 0 Å². The number of anilines is 1. The highest BCUT2D eigenvalue weighted by molar-refractivity contribution is 6.29. The molecule has 1 aromatic heterocycles. The summed E-state index contributed by atoms with van der Waals surface area (Å²) in [4.78, 5) is 11.1. The van der Waals surface area contributed by atoms with Crippen LogP contribution in [0.3, 0.4) is 0 Å². The summed E-state index contributed by atoms with van der Waals surface area (Å²) in [5.41, 5.74) is 0. The van der Waals surface area contributed by atoms with Gasteiger partial charge in [-0.2, -0.15) is 0 Å². The summed E-state index contributed by atoms with van der Waals surface area (Å²) < 4.78 is 0. The van der Waals surface area contributed by atoms with Gasteiger partial charge in [0.15, 0.2) is 0 Å². The number of aromatic nitrogens is 2. The maximum atomic E-state index is 6.04. The zero-order chi connectivity index (χ0) is 12.4. The molecule has 17 heavy (non-hydrogen) atoms. The Morgan fingerprint density at radius 2 is 1.94 bits per heavy atom. The maximum Gasteiger partial charge on any atom is 0.134 e. The predicted octanol–water partition coefficient (Wildman–Crippen LogP) is 3.17. The van der Waals surface area contributed by atoms with Crippen molar-refractivity contribution >= 4 is 17.4 Å². The summed E-state index contributed by atoms with van der Waals surface area (Å²) in [5.74, 6) is 3.26. The SMILES string of the molecule is CCc1nc(Cl)cc(N2CC(C)CC(C)C2)n1. The molecule has 1 aromatic rings. The highest BCUT2D eigenvalue weighted by Gasteiger charge is 2.23. The van der Waals surface area contributed by atoms with E-state index in [0.29, 0.717) is 5.15 Å². The topological polar surface area (TPSA) is 29.0 Å². The minimum absolute atomic E-state index is 0.553. The van der Waals surface area contributed by atoms with Crippen LogP contribution in [0.5, 0.6) is 0 Å². The van der Waals surface area contributed by atoms with Crippen molar-refractivity contribution in [3.05, 3.63) is 17.0 Å². The van der Waals surface area contributed by atoms with Crippen molar-refractivity contribution in [3.63, 3.8) is 0 Å². The molecule has 0 aliphatic carbocycles. The summed E-state index contributed by atoms with van der Waals surface area (Å²) in [7, 11) is 0. The number of rotatable bonds is 2. The smallest absolute Gasteiger partial charge is 0.134 e. The van der Waals surface area contributed by atoms with Crippen LogP contribution in [-0.4, -0.2) is 23.1 Å². The van der Waals surface area contributed by atoms with E-state index in [-0.39, 0.29) is 0 Å². The van der Waals surface area contributed by atoms with Crippen molar-refractivity contribution in [2.75, 3.05) is 18.0 Å². The molecule has 0 aromatic carbocycles. The van der Waals surface area contributed by atoms with Crippen molar-refractivity contribution < 1.29 is 0 Å². The Bertz CT molecular complexity index is 384. The van der Waals surface area contributed by atoms with E-state index in [2.05, 4.69) is 35.6 Å². The minimum Gasteiger partial charge on any atom is -0.356 e. The van der Waals surface area contributed by atoms with Crippen LogP contribution in [0.4, 0.5) is 5.82 Å². The lowest BCUT2D eigenvalue weighted by molar-refractivity contribution is 0.355. The normalized spacial score (nSPS) is 25.1. The summed E-state index contributed by atoms with van der Waals surface area (Å²) in [6.07, 6.45) is 2.13. The van der Waals surface area contributed by atoms with Gasteiger partial charge in [-0.25, -0.2) is 9.97 Å². The van der Waals surface area contributed by atoms with Crippen LogP contribution in [0.2, 0.25) is 5.15 Å². The summed E-state index contributed by atoms with van der Waals surface area (Å²) in [6.45, 7) is 8.79. The molecule has 1 aliphatic rings. The predicted molar refractivity (Wildman–Crippen MR) is 71.6 cm³/mol. The first-order chi connectivity index (χ1) is 8.08. The molecule has 0 amide bonds. The maximum absolute atomic E-state index is 6.04. The van der Waals surface area contributed by atoms with Gasteiger partial charge in [-0.3, -0.25) is 0 Å². The molecule has 2 unspecified atom stereocenters. The highest BCUT2D eigenvalue weighted by atomic mass is 35.5. The molecule has 3 nitrogen and oxygen atoms in total. The second-order valence-electron chi connectivity index (χ2n) is 5.17. The third-order valence-corrected chi connectivity index (χ3v) is 3.43. The number of hydrogen-bond donors (Lipinski definition) is 0. The lowest BCUT2D eigenvalue weighted by atomic mass is 9.92. The molecule has 94 valence electrons. The van der Waals surface area contributed by atoms with Crippen LogP contribution >= 0.6 is 11.6 Å². The molecule has 0 saturated carbocycles. The number of hydrogen-bond acceptors (Lipinski definition) is 3. The van der Waals surface area contributed by atoms with Crippen molar-refractivity contribution in [3.8, 4) is 0 Å². The van der Waals surface area contributed by atoms with Crippen molar-refractivity contribution in [2.45, 2.75) is 33.6 Å². The first-order valence-electron chi connectivity index (χ1n) is 6.37. The average molecular weight is 254 g/mol. The van der Waals surface area contributed by atoms with Crippen LogP contribution in [-0.2, 0) is 6.42 Å². The Kier molecular flexibility index (Phi) is 3.87. The fourth-order valence-electron chi connectivity index (χ4n) is 2.62. The number of aryl methyl sites for hydroxylation is 1. The first-order valence-corrected chi connectivity index (χ1v) is 6.74. The second kappa shape index (κ2) is 5.21. The molecular formula is C13H20ClN3. The summed E-state index contributed by atoms with van der Waals surface area (Å²) in [5, 5.41) is 0.553. The quantitative estimate of drug-likeness (QED) is 0.758. The third-order valence-electron chi connectivity index (χ3n) is 3.24. The molecule has 0 spiro atoms. The largest absolute Gasteiger partial charge is 0.356 e. The van der Waals surface area contributed by atoms with E-state index < -0.39 is 0 Å². The van der Waals surface area contributed by atoms with Crippen molar-refractivity contribution in [2.24, 2.45) is 11.8 Å². The van der Waals surface area contributed by atoms with Crippen LogP contribution in [0.15, 0.2) is 6.07 Å². The van der Waals surface area contributed by atoms with Crippen molar-refractivity contribution in [1.82, 2.24) is 9.97 Å². The van der Waals surface area contributed by atoms with Gasteiger partial charge < -0.3 is 4.90 Å². The Hall–Kier alpha value is -0.830. The van der Waals surface area contributed by atoms with Gasteiger partial charge in [0.2, 0.25) is 0 Å². The van der Waals surface area contributed by atoms with E-state index in [4.69, 9.17) is 11.6 Å². The van der Waals surface area contributed by atoms with Gasteiger partial charge in [-0.1, -0.05) is 32.4 Å². The molecule has 0 bridgehead atoms. The second-order valence-corrected chi connectivity index (χ2v) is 5.56. The Morgan fingerprint density at radius 3 is 2.53 bits per heavy atom. The molecule has 2 rings (SSSR count). The van der Waals surface area contributed by atoms with Gasteiger partial charge in [0.25, 0.3) is 0 Å². The molecule has 2 heterocycles. The lowest BCUT2D eigenvalue weighted by Crippen LogP contribution is -2.39. The third kappa shape index (κ3) is 3.09. The molecule has 1 aliphatic heterocycles. The Balaban J connectivity index is 2.23. The van der Waals surface area contributed by atoms with Gasteiger partial charge >= 0.3 is 0 Å². The molecule has 2 atom stereocenters. The molecule has 1 saturated heterocycles. The highest BCUT2D eigenvalue weighted by Crippen LogP contribution is 2.26. The van der Waals surface area contributed by atoms with E-state index in [0.717, 1.165) is 43.0 Å². The Morgan fingerprint density at radius 1 is 1.29 bits per heavy atom. The van der Waals surface area contributed by atoms with Gasteiger partial charge in [0.1, 0.15) is 16.8 Å². The zero-order valence-electron chi connectivity index (χ0n) is 10.8. The number of halogens is 1. The minimum atomic E-state index is 0.553. The fraction of sp³-hybridized carbons (Fsp3) is 0.692. The van der Waals surface area contributed by atoms with E-state index in [1.54, 1.807) is 0 Å². The van der Waals surface area contributed by atoms with Crippen molar-refractivity contribution in [1.29, 1.82) is 0 Å². The van der Waals surface area contributed by atoms with Gasteiger partial charge in [-0.05, 0) is 18.3 Å². The number of nitrogens with zero attached hydrogens (tertiary/aromatic N) is 3. The Labute approximate surface area is 108 Å². The molecule has 4 heteroatoms. The van der Waals surface area contributed by atoms with Gasteiger partial charge in [-0.15, -0.1) is 0 Å². The monoisotopic (exact) mass is 253 g/mol. The van der Waals surface area contributed by atoms with Crippen LogP contribution < -0.4 is 4.90 Å². The van der Waals surface area contributed by atoms with Crippen LogP contribution in [0, 0.1) is 11.8 Å². The standard InChI is InChI=1S/C13H20ClN3/c1-4-12-15-11(14)6-13(16-12)17-7-9(2)5-10(3)8-17/h6,9-10H,4-5,7-8H2,1-3H3. The zero-order valence-corrected chi connectivity index (χ0v) is 11.5. The summed E-state index contributed by atoms with van der Waals surface area (Å²) in [6, 6.07) is 1.88. The first kappa shape index (κ1) is 12.6. The van der Waals surface area contributed by atoms with Crippen LogP contribution in [0.25, 0.3) is 0 Å². The molecule has 0 N–H and O–H groups in total. The van der Waals surface area contributed by atoms with E-state index in [1.165, 1.54) is 6.42 Å². The van der Waals surface area contributed by atoms with E-state index >= 15 is 0 Å². The lowest BCUT2D eigenvalue weighted by Gasteiger charge is -2.35. The van der Waals surface area contributed by atoms with Gasteiger partial charge in [0.05, 0.1) is 0 Å². The average Bonchev–Trinajstić information content (AvgIpc) is 2.26. The number of piperidine rings is 1. The van der Waals surface area contributed by atoms with Crippen LogP contribution in [0.1, 0.15) is 33.0 Å². The molecular weight excluding hydrogens is 234 g/mol. The molecule has 0 radical (unpaired) electrons. The fourth-order valence-corrected chi connectivity index (χ4v) is 2.82.